The van der Waals surface area contributed by atoms with Crippen molar-refractivity contribution in [2.75, 3.05) is 6.61 Å². The summed E-state index contributed by atoms with van der Waals surface area (Å²) in [4.78, 5) is 0. The molecular weight excluding hydrogens is 462 g/mol. The van der Waals surface area contributed by atoms with Crippen LogP contribution in [0.1, 0.15) is 105 Å². The maximum atomic E-state index is 14.7. The standard InChI is InChI=1S/C34H44F2O/c1-3-5-7-27-10-16-29(17-11-27)30-18-12-28(13-19-30)24-25-37-34(35,36)33-22-20-32(21-23-33)31-14-8-26(6-4-2)9-15-31/h3-4,6,12-13,18-23,26-27,29,31H,1,5,7-11,14-17,24-25H2,2H3/b6-4+. The first-order chi connectivity index (χ1) is 18.0. The van der Waals surface area contributed by atoms with E-state index in [9.17, 15) is 8.78 Å². The van der Waals surface area contributed by atoms with Gasteiger partial charge in [-0.05, 0) is 118 Å². The summed E-state index contributed by atoms with van der Waals surface area (Å²) in [5, 5.41) is 0. The van der Waals surface area contributed by atoms with Crippen LogP contribution in [-0.2, 0) is 17.3 Å². The summed E-state index contributed by atoms with van der Waals surface area (Å²) in [5.41, 5.74) is 3.54. The van der Waals surface area contributed by atoms with E-state index in [-0.39, 0.29) is 12.2 Å². The first kappa shape index (κ1) is 27.8. The first-order valence-corrected chi connectivity index (χ1v) is 14.4. The minimum atomic E-state index is -3.27. The van der Waals surface area contributed by atoms with Crippen molar-refractivity contribution in [3.05, 3.63) is 95.6 Å². The molecule has 2 aliphatic rings. The number of ether oxygens (including phenoxy) is 1. The van der Waals surface area contributed by atoms with Gasteiger partial charge in [-0.1, -0.05) is 66.8 Å². The lowest BCUT2D eigenvalue weighted by Gasteiger charge is -2.28. The van der Waals surface area contributed by atoms with E-state index in [1.165, 1.54) is 56.1 Å². The number of halogens is 2. The number of hydrogen-bond acceptors (Lipinski definition) is 1. The Morgan fingerprint density at radius 1 is 0.838 bits per heavy atom. The number of benzene rings is 2. The van der Waals surface area contributed by atoms with E-state index in [1.54, 1.807) is 12.1 Å². The van der Waals surface area contributed by atoms with E-state index >= 15 is 0 Å². The van der Waals surface area contributed by atoms with Crippen LogP contribution in [0.3, 0.4) is 0 Å². The fourth-order valence-electron chi connectivity index (χ4n) is 6.34. The molecule has 0 aromatic heterocycles. The maximum absolute atomic E-state index is 14.7. The van der Waals surface area contributed by atoms with E-state index < -0.39 is 6.11 Å². The smallest absolute Gasteiger partial charge is 0.316 e. The van der Waals surface area contributed by atoms with Gasteiger partial charge in [-0.15, -0.1) is 6.58 Å². The molecule has 4 rings (SSSR count). The molecule has 1 nitrogen and oxygen atoms in total. The molecule has 2 saturated carbocycles. The second-order valence-corrected chi connectivity index (χ2v) is 11.2. The molecular formula is C34H44F2O. The Hall–Kier alpha value is -2.26. The Kier molecular flexibility index (Phi) is 10.1. The number of alkyl halides is 2. The molecule has 2 fully saturated rings. The van der Waals surface area contributed by atoms with Crippen LogP contribution in [0.2, 0.25) is 0 Å². The van der Waals surface area contributed by atoms with Crippen LogP contribution < -0.4 is 0 Å². The average Bonchev–Trinajstić information content (AvgIpc) is 2.93. The van der Waals surface area contributed by atoms with Gasteiger partial charge in [-0.25, -0.2) is 0 Å². The average molecular weight is 507 g/mol. The van der Waals surface area contributed by atoms with Crippen LogP contribution in [0.15, 0.2) is 73.3 Å². The van der Waals surface area contributed by atoms with Crippen molar-refractivity contribution < 1.29 is 13.5 Å². The molecule has 0 N–H and O–H groups in total. The Morgan fingerprint density at radius 3 is 1.97 bits per heavy atom. The lowest BCUT2D eigenvalue weighted by atomic mass is 9.77. The number of rotatable bonds is 11. The molecule has 2 aromatic rings. The largest absolute Gasteiger partial charge is 0.383 e. The fourth-order valence-corrected chi connectivity index (χ4v) is 6.34. The quantitative estimate of drug-likeness (QED) is 0.275. The lowest BCUT2D eigenvalue weighted by molar-refractivity contribution is -0.248. The molecule has 0 unspecified atom stereocenters. The summed E-state index contributed by atoms with van der Waals surface area (Å²) in [6.45, 7) is 5.91. The monoisotopic (exact) mass is 506 g/mol. The molecule has 3 heteroatoms. The minimum absolute atomic E-state index is 0.00251. The summed E-state index contributed by atoms with van der Waals surface area (Å²) in [5.74, 6) is 2.61. The lowest BCUT2D eigenvalue weighted by Crippen LogP contribution is -2.20. The fraction of sp³-hybridized carbons (Fsp3) is 0.529. The van der Waals surface area contributed by atoms with Crippen molar-refractivity contribution in [2.24, 2.45) is 11.8 Å². The molecule has 0 saturated heterocycles. The third-order valence-electron chi connectivity index (χ3n) is 8.71. The van der Waals surface area contributed by atoms with Crippen LogP contribution in [0, 0.1) is 11.8 Å². The highest BCUT2D eigenvalue weighted by atomic mass is 19.3. The summed E-state index contributed by atoms with van der Waals surface area (Å²) >= 11 is 0. The second-order valence-electron chi connectivity index (χ2n) is 11.2. The van der Waals surface area contributed by atoms with Gasteiger partial charge in [0.2, 0.25) is 0 Å². The number of allylic oxidation sites excluding steroid dienone is 3. The molecule has 2 aromatic carbocycles. The highest BCUT2D eigenvalue weighted by Gasteiger charge is 2.33. The van der Waals surface area contributed by atoms with Crippen molar-refractivity contribution >= 4 is 0 Å². The van der Waals surface area contributed by atoms with Crippen molar-refractivity contribution in [1.29, 1.82) is 0 Å². The van der Waals surface area contributed by atoms with Crippen LogP contribution >= 0.6 is 0 Å². The zero-order valence-corrected chi connectivity index (χ0v) is 22.5. The Labute approximate surface area is 223 Å². The van der Waals surface area contributed by atoms with Crippen molar-refractivity contribution in [1.82, 2.24) is 0 Å². The van der Waals surface area contributed by atoms with Gasteiger partial charge in [-0.2, -0.15) is 8.78 Å². The molecule has 0 aliphatic heterocycles. The van der Waals surface area contributed by atoms with Crippen LogP contribution in [0.25, 0.3) is 0 Å². The van der Waals surface area contributed by atoms with Gasteiger partial charge >= 0.3 is 6.11 Å². The van der Waals surface area contributed by atoms with Crippen LogP contribution in [-0.4, -0.2) is 6.61 Å². The summed E-state index contributed by atoms with van der Waals surface area (Å²) < 4.78 is 34.6. The molecule has 200 valence electrons. The molecule has 0 spiro atoms. The van der Waals surface area contributed by atoms with E-state index in [0.717, 1.165) is 30.7 Å². The molecule has 0 radical (unpaired) electrons. The molecule has 0 atom stereocenters. The topological polar surface area (TPSA) is 9.23 Å². The minimum Gasteiger partial charge on any atom is -0.316 e. The Bertz CT molecular complexity index is 975. The van der Waals surface area contributed by atoms with Crippen LogP contribution in [0.4, 0.5) is 8.78 Å². The first-order valence-electron chi connectivity index (χ1n) is 14.4. The van der Waals surface area contributed by atoms with E-state index in [0.29, 0.717) is 24.2 Å². The summed E-state index contributed by atoms with van der Waals surface area (Å²) in [6.07, 6.45) is 15.7. The number of hydrogen-bond donors (Lipinski definition) is 0. The van der Waals surface area contributed by atoms with Crippen molar-refractivity contribution in [3.8, 4) is 0 Å². The van der Waals surface area contributed by atoms with Crippen LogP contribution in [0.5, 0.6) is 0 Å². The zero-order valence-electron chi connectivity index (χ0n) is 22.5. The summed E-state index contributed by atoms with van der Waals surface area (Å²) in [6, 6.07) is 15.4. The van der Waals surface area contributed by atoms with Gasteiger partial charge in [0.25, 0.3) is 0 Å². The predicted octanol–water partition coefficient (Wildman–Crippen LogP) is 10.1. The third-order valence-corrected chi connectivity index (χ3v) is 8.71. The Balaban J connectivity index is 1.22. The van der Waals surface area contributed by atoms with Gasteiger partial charge < -0.3 is 4.74 Å². The van der Waals surface area contributed by atoms with E-state index in [4.69, 9.17) is 4.74 Å². The van der Waals surface area contributed by atoms with Crippen molar-refractivity contribution in [3.63, 3.8) is 0 Å². The van der Waals surface area contributed by atoms with Gasteiger partial charge in [-0.3, -0.25) is 0 Å². The van der Waals surface area contributed by atoms with Gasteiger partial charge in [0.15, 0.2) is 0 Å². The highest BCUT2D eigenvalue weighted by molar-refractivity contribution is 5.28. The molecule has 0 bridgehead atoms. The van der Waals surface area contributed by atoms with Gasteiger partial charge in [0.1, 0.15) is 0 Å². The van der Waals surface area contributed by atoms with Gasteiger partial charge in [0.05, 0.1) is 12.2 Å². The molecule has 0 heterocycles. The normalized spacial score (nSPS) is 24.8. The zero-order chi connectivity index (χ0) is 26.1. The Morgan fingerprint density at radius 2 is 1.41 bits per heavy atom. The molecule has 37 heavy (non-hydrogen) atoms. The van der Waals surface area contributed by atoms with Crippen molar-refractivity contribution in [2.45, 2.75) is 95.5 Å². The van der Waals surface area contributed by atoms with E-state index in [2.05, 4.69) is 49.9 Å². The second kappa shape index (κ2) is 13.5. The third kappa shape index (κ3) is 7.87. The van der Waals surface area contributed by atoms with E-state index in [1.807, 2.05) is 18.2 Å². The summed E-state index contributed by atoms with van der Waals surface area (Å²) in [7, 11) is 0. The van der Waals surface area contributed by atoms with Gasteiger partial charge in [0, 0.05) is 0 Å². The predicted molar refractivity (Wildman–Crippen MR) is 150 cm³/mol. The SMILES string of the molecule is C=CCCC1CCC(c2ccc(CCOC(F)(F)c3ccc(C4CCC(/C=C/C)CC4)cc3)cc2)CC1. The molecule has 0 amide bonds. The molecule has 2 aliphatic carbocycles. The maximum Gasteiger partial charge on any atom is 0.383 e. The highest BCUT2D eigenvalue weighted by Crippen LogP contribution is 2.39.